The van der Waals surface area contributed by atoms with Crippen LogP contribution in [-0.4, -0.2) is 30.6 Å². The smallest absolute Gasteiger partial charge is 0.272 e. The Balaban J connectivity index is 1.89. The fraction of sp³-hybridized carbons (Fsp3) is 0.538. The van der Waals surface area contributed by atoms with E-state index in [0.717, 1.165) is 25.3 Å². The number of halogens is 2. The Kier molecular flexibility index (Phi) is 3.75. The summed E-state index contributed by atoms with van der Waals surface area (Å²) in [6.07, 6.45) is 2.40. The molecule has 0 aromatic heterocycles. The molecule has 2 heterocycles. The molecule has 2 aliphatic rings. The molecule has 2 fully saturated rings. The van der Waals surface area contributed by atoms with E-state index in [1.165, 1.54) is 25.0 Å². The number of nitrogens with zero attached hydrogens (tertiary/aromatic N) is 2. The van der Waals surface area contributed by atoms with Crippen LogP contribution in [0.4, 0.5) is 11.4 Å². The quantitative estimate of drug-likeness (QED) is 0.673. The van der Waals surface area contributed by atoms with Crippen molar-refractivity contribution in [2.75, 3.05) is 24.5 Å². The minimum absolute atomic E-state index is 0.0708. The standard InChI is InChI=1S/C13H15Cl2N3O2/c14-10-4-9(18(19)20)5-11(15)13(10)17-6-8-2-1-3-16-12(8)7-17/h4-5,8,12,16H,1-3,6-7H2/t8-,12+/m0/s1. The predicted octanol–water partition coefficient (Wildman–Crippen LogP) is 3.09. The molecular weight excluding hydrogens is 301 g/mol. The van der Waals surface area contributed by atoms with Gasteiger partial charge < -0.3 is 10.2 Å². The van der Waals surface area contributed by atoms with Gasteiger partial charge in [-0.2, -0.15) is 0 Å². The minimum Gasteiger partial charge on any atom is -0.367 e. The first-order chi connectivity index (χ1) is 9.56. The molecule has 0 amide bonds. The van der Waals surface area contributed by atoms with E-state index >= 15 is 0 Å². The second kappa shape index (κ2) is 5.39. The van der Waals surface area contributed by atoms with E-state index in [9.17, 15) is 10.1 Å². The Bertz CT molecular complexity index is 515. The van der Waals surface area contributed by atoms with Gasteiger partial charge in [0.15, 0.2) is 0 Å². The molecule has 0 radical (unpaired) electrons. The maximum Gasteiger partial charge on any atom is 0.272 e. The fourth-order valence-corrected chi connectivity index (χ4v) is 3.90. The zero-order valence-corrected chi connectivity index (χ0v) is 12.3. The van der Waals surface area contributed by atoms with Crippen LogP contribution < -0.4 is 10.2 Å². The summed E-state index contributed by atoms with van der Waals surface area (Å²) in [6, 6.07) is 3.21. The van der Waals surface area contributed by atoms with Crippen LogP contribution in [0.25, 0.3) is 0 Å². The third-order valence-electron chi connectivity index (χ3n) is 4.13. The van der Waals surface area contributed by atoms with Gasteiger partial charge in [-0.15, -0.1) is 0 Å². The molecule has 5 nitrogen and oxygen atoms in total. The van der Waals surface area contributed by atoms with E-state index in [0.29, 0.717) is 22.0 Å². The second-order valence-electron chi connectivity index (χ2n) is 5.38. The van der Waals surface area contributed by atoms with Crippen molar-refractivity contribution in [1.29, 1.82) is 0 Å². The van der Waals surface area contributed by atoms with Gasteiger partial charge in [-0.25, -0.2) is 0 Å². The fourth-order valence-electron chi connectivity index (χ4n) is 3.19. The molecule has 108 valence electrons. The third kappa shape index (κ3) is 2.45. The van der Waals surface area contributed by atoms with Gasteiger partial charge in [0.25, 0.3) is 5.69 Å². The maximum atomic E-state index is 10.8. The normalized spacial score (nSPS) is 25.6. The molecule has 1 aromatic carbocycles. The van der Waals surface area contributed by atoms with Gasteiger partial charge in [-0.3, -0.25) is 10.1 Å². The van der Waals surface area contributed by atoms with E-state index in [1.54, 1.807) is 0 Å². The van der Waals surface area contributed by atoms with Crippen molar-refractivity contribution in [2.45, 2.75) is 18.9 Å². The Morgan fingerprint density at radius 2 is 2.00 bits per heavy atom. The summed E-state index contributed by atoms with van der Waals surface area (Å²) in [5.41, 5.74) is 0.647. The van der Waals surface area contributed by atoms with E-state index in [1.807, 2.05) is 0 Å². The summed E-state index contributed by atoms with van der Waals surface area (Å²) < 4.78 is 0. The molecule has 2 atom stereocenters. The van der Waals surface area contributed by atoms with Crippen molar-refractivity contribution in [1.82, 2.24) is 5.32 Å². The maximum absolute atomic E-state index is 10.8. The second-order valence-corrected chi connectivity index (χ2v) is 6.20. The average Bonchev–Trinajstić information content (AvgIpc) is 2.80. The number of anilines is 1. The number of non-ortho nitro benzene ring substituents is 1. The highest BCUT2D eigenvalue weighted by Crippen LogP contribution is 2.40. The summed E-state index contributed by atoms with van der Waals surface area (Å²) in [7, 11) is 0. The SMILES string of the molecule is O=[N+]([O-])c1cc(Cl)c(N2C[C@@H]3CCCN[C@@H]3C2)c(Cl)c1. The van der Waals surface area contributed by atoms with Gasteiger partial charge in [-0.1, -0.05) is 23.2 Å². The molecule has 1 N–H and O–H groups in total. The zero-order valence-electron chi connectivity index (χ0n) is 10.8. The number of hydrogen-bond acceptors (Lipinski definition) is 4. The van der Waals surface area contributed by atoms with Crippen molar-refractivity contribution in [2.24, 2.45) is 5.92 Å². The molecule has 0 aliphatic carbocycles. The Labute approximate surface area is 127 Å². The van der Waals surface area contributed by atoms with Gasteiger partial charge in [0.1, 0.15) is 0 Å². The summed E-state index contributed by atoms with van der Waals surface area (Å²) >= 11 is 12.4. The lowest BCUT2D eigenvalue weighted by Gasteiger charge is -2.24. The number of nitro groups is 1. The summed E-state index contributed by atoms with van der Waals surface area (Å²) in [4.78, 5) is 12.5. The summed E-state index contributed by atoms with van der Waals surface area (Å²) in [5.74, 6) is 0.603. The van der Waals surface area contributed by atoms with E-state index in [2.05, 4.69) is 10.2 Å². The molecule has 2 saturated heterocycles. The highest BCUT2D eigenvalue weighted by atomic mass is 35.5. The first-order valence-electron chi connectivity index (χ1n) is 6.68. The minimum atomic E-state index is -0.479. The number of benzene rings is 1. The molecule has 3 rings (SSSR count). The summed E-state index contributed by atoms with van der Waals surface area (Å²) in [5, 5.41) is 15.0. The summed E-state index contributed by atoms with van der Waals surface area (Å²) in [6.45, 7) is 2.80. The van der Waals surface area contributed by atoms with Crippen molar-refractivity contribution in [3.8, 4) is 0 Å². The zero-order chi connectivity index (χ0) is 14.3. The first kappa shape index (κ1) is 13.9. The van der Waals surface area contributed by atoms with E-state index in [-0.39, 0.29) is 5.69 Å². The van der Waals surface area contributed by atoms with Gasteiger partial charge in [-0.05, 0) is 25.3 Å². The molecule has 1 aromatic rings. The van der Waals surface area contributed by atoms with Crippen LogP contribution in [0.2, 0.25) is 10.0 Å². The Morgan fingerprint density at radius 3 is 2.60 bits per heavy atom. The number of hydrogen-bond donors (Lipinski definition) is 1. The molecule has 7 heteroatoms. The first-order valence-corrected chi connectivity index (χ1v) is 7.43. The van der Waals surface area contributed by atoms with Crippen LogP contribution in [0.5, 0.6) is 0 Å². The van der Waals surface area contributed by atoms with Gasteiger partial charge in [0.2, 0.25) is 0 Å². The number of nitro benzene ring substituents is 1. The van der Waals surface area contributed by atoms with Gasteiger partial charge in [0, 0.05) is 31.3 Å². The van der Waals surface area contributed by atoms with Crippen molar-refractivity contribution in [3.63, 3.8) is 0 Å². The predicted molar refractivity (Wildman–Crippen MR) is 79.8 cm³/mol. The molecule has 20 heavy (non-hydrogen) atoms. The lowest BCUT2D eigenvalue weighted by molar-refractivity contribution is -0.384. The van der Waals surface area contributed by atoms with Crippen LogP contribution in [0.3, 0.4) is 0 Å². The van der Waals surface area contributed by atoms with Crippen molar-refractivity contribution < 1.29 is 4.92 Å². The monoisotopic (exact) mass is 315 g/mol. The molecule has 0 unspecified atom stereocenters. The molecule has 2 aliphatic heterocycles. The van der Waals surface area contributed by atoms with Crippen LogP contribution in [0.1, 0.15) is 12.8 Å². The molecule has 0 saturated carbocycles. The van der Waals surface area contributed by atoms with Crippen LogP contribution >= 0.6 is 23.2 Å². The van der Waals surface area contributed by atoms with Crippen LogP contribution in [0.15, 0.2) is 12.1 Å². The number of nitrogens with one attached hydrogen (secondary N) is 1. The average molecular weight is 316 g/mol. The van der Waals surface area contributed by atoms with Crippen LogP contribution in [-0.2, 0) is 0 Å². The highest BCUT2D eigenvalue weighted by Gasteiger charge is 2.36. The third-order valence-corrected chi connectivity index (χ3v) is 4.70. The van der Waals surface area contributed by atoms with Gasteiger partial charge >= 0.3 is 0 Å². The topological polar surface area (TPSA) is 58.4 Å². The molecular formula is C13H15Cl2N3O2. The Morgan fingerprint density at radius 1 is 1.30 bits per heavy atom. The lowest BCUT2D eigenvalue weighted by Crippen LogP contribution is -2.40. The molecule has 0 spiro atoms. The van der Waals surface area contributed by atoms with E-state index in [4.69, 9.17) is 23.2 Å². The largest absolute Gasteiger partial charge is 0.367 e. The molecule has 0 bridgehead atoms. The Hall–Kier alpha value is -1.04. The highest BCUT2D eigenvalue weighted by molar-refractivity contribution is 6.39. The van der Waals surface area contributed by atoms with E-state index < -0.39 is 4.92 Å². The number of fused-ring (bicyclic) bond motifs is 1. The van der Waals surface area contributed by atoms with Crippen molar-refractivity contribution in [3.05, 3.63) is 32.3 Å². The van der Waals surface area contributed by atoms with Crippen LogP contribution in [0, 0.1) is 16.0 Å². The van der Waals surface area contributed by atoms with Crippen molar-refractivity contribution >= 4 is 34.6 Å². The number of rotatable bonds is 2. The lowest BCUT2D eigenvalue weighted by atomic mass is 9.94. The number of piperidine rings is 1. The van der Waals surface area contributed by atoms with Gasteiger partial charge in [0.05, 0.1) is 20.7 Å².